The fraction of sp³-hybridized carbons (Fsp3) is 0.143. The molecule has 0 aromatic heterocycles. The summed E-state index contributed by atoms with van der Waals surface area (Å²) in [6, 6.07) is 3.84. The fourth-order valence-electron chi connectivity index (χ4n) is 0.773. The first-order valence-corrected chi connectivity index (χ1v) is 4.92. The molecule has 0 unspecified atom stereocenters. The van der Waals surface area contributed by atoms with Crippen molar-refractivity contribution in [1.29, 1.82) is 0 Å². The van der Waals surface area contributed by atoms with Crippen LogP contribution in [0.25, 0.3) is 0 Å². The molecule has 13 heavy (non-hydrogen) atoms. The van der Waals surface area contributed by atoms with Crippen molar-refractivity contribution in [3.05, 3.63) is 28.8 Å². The molecule has 0 bridgehead atoms. The van der Waals surface area contributed by atoms with Gasteiger partial charge in [0.05, 0.1) is 4.90 Å². The minimum absolute atomic E-state index is 0. The van der Waals surface area contributed by atoms with Crippen LogP contribution in [0.3, 0.4) is 0 Å². The van der Waals surface area contributed by atoms with Gasteiger partial charge in [0.1, 0.15) is 10.1 Å². The van der Waals surface area contributed by atoms with Gasteiger partial charge in [0.15, 0.2) is 0 Å². The van der Waals surface area contributed by atoms with Crippen LogP contribution in [0, 0.1) is 6.92 Å². The van der Waals surface area contributed by atoms with Gasteiger partial charge in [-0.1, -0.05) is 11.6 Å². The molecule has 0 saturated carbocycles. The van der Waals surface area contributed by atoms with Crippen LogP contribution in [-0.2, 0) is 10.1 Å². The van der Waals surface area contributed by atoms with Gasteiger partial charge in [-0.05, 0) is 30.7 Å². The maximum Gasteiger partial charge on any atom is 1.00 e. The fourth-order valence-corrected chi connectivity index (χ4v) is 1.45. The predicted octanol–water partition coefficient (Wildman–Crippen LogP) is -1.44. The molecule has 0 saturated heterocycles. The number of halogens is 1. The monoisotopic (exact) mass is 228 g/mol. The standard InChI is InChI=1S/C7H7ClO3S.Na/c1-5-4-6(12(9,10)11)2-3-7(5)8;/h2-4H,1H3,(H,9,10,11);/q;+1/p-1. The number of hydrogen-bond donors (Lipinski definition) is 0. The largest absolute Gasteiger partial charge is 1.00 e. The SMILES string of the molecule is Cc1cc(S(=O)(=O)[O-])ccc1Cl.[Na+]. The molecular weight excluding hydrogens is 223 g/mol. The van der Waals surface area contributed by atoms with Crippen LogP contribution in [0.1, 0.15) is 5.56 Å². The van der Waals surface area contributed by atoms with Gasteiger partial charge in [0, 0.05) is 5.02 Å². The van der Waals surface area contributed by atoms with Gasteiger partial charge < -0.3 is 4.55 Å². The van der Waals surface area contributed by atoms with Crippen molar-refractivity contribution in [2.75, 3.05) is 0 Å². The van der Waals surface area contributed by atoms with Crippen LogP contribution in [0.4, 0.5) is 0 Å². The van der Waals surface area contributed by atoms with Crippen LogP contribution in [0.5, 0.6) is 0 Å². The Kier molecular flexibility index (Phi) is 4.93. The molecule has 0 heterocycles. The van der Waals surface area contributed by atoms with Crippen LogP contribution in [-0.4, -0.2) is 13.0 Å². The Labute approximate surface area is 104 Å². The van der Waals surface area contributed by atoms with Crippen LogP contribution < -0.4 is 29.6 Å². The third-order valence-corrected chi connectivity index (χ3v) is 2.67. The van der Waals surface area contributed by atoms with Gasteiger partial charge in [0.25, 0.3) is 0 Å². The third kappa shape index (κ3) is 3.58. The molecule has 0 atom stereocenters. The molecule has 3 nitrogen and oxygen atoms in total. The normalized spacial score (nSPS) is 10.7. The van der Waals surface area contributed by atoms with E-state index in [0.717, 1.165) is 0 Å². The van der Waals surface area contributed by atoms with E-state index in [-0.39, 0.29) is 34.5 Å². The van der Waals surface area contributed by atoms with Gasteiger partial charge in [-0.25, -0.2) is 8.42 Å². The second-order valence-corrected chi connectivity index (χ2v) is 4.15. The topological polar surface area (TPSA) is 57.2 Å². The minimum Gasteiger partial charge on any atom is -0.744 e. The van der Waals surface area contributed by atoms with Gasteiger partial charge in [-0.2, -0.15) is 0 Å². The average Bonchev–Trinajstić information content (AvgIpc) is 1.92. The molecule has 66 valence electrons. The van der Waals surface area contributed by atoms with Crippen LogP contribution >= 0.6 is 11.6 Å². The Bertz CT molecular complexity index is 402. The van der Waals surface area contributed by atoms with E-state index in [1.807, 2.05) is 0 Å². The molecule has 0 aliphatic rings. The number of benzene rings is 1. The van der Waals surface area contributed by atoms with Crippen molar-refractivity contribution in [2.45, 2.75) is 11.8 Å². The summed E-state index contributed by atoms with van der Waals surface area (Å²) >= 11 is 5.63. The van der Waals surface area contributed by atoms with E-state index in [9.17, 15) is 13.0 Å². The minimum atomic E-state index is -4.35. The van der Waals surface area contributed by atoms with E-state index in [0.29, 0.717) is 10.6 Å². The maximum absolute atomic E-state index is 10.5. The van der Waals surface area contributed by atoms with Crippen molar-refractivity contribution < 1.29 is 42.5 Å². The van der Waals surface area contributed by atoms with Gasteiger partial charge in [-0.15, -0.1) is 0 Å². The average molecular weight is 229 g/mol. The summed E-state index contributed by atoms with van der Waals surface area (Å²) in [6.45, 7) is 1.64. The summed E-state index contributed by atoms with van der Waals surface area (Å²) in [4.78, 5) is -0.246. The molecule has 6 heteroatoms. The smallest absolute Gasteiger partial charge is 0.744 e. The summed E-state index contributed by atoms with van der Waals surface area (Å²) in [5.41, 5.74) is 0.577. The first-order chi connectivity index (χ1) is 5.41. The molecule has 0 aliphatic heterocycles. The van der Waals surface area contributed by atoms with Gasteiger partial charge >= 0.3 is 29.6 Å². The van der Waals surface area contributed by atoms with E-state index in [4.69, 9.17) is 11.6 Å². The Morgan fingerprint density at radius 3 is 2.31 bits per heavy atom. The van der Waals surface area contributed by atoms with E-state index < -0.39 is 10.1 Å². The van der Waals surface area contributed by atoms with Crippen molar-refractivity contribution in [1.82, 2.24) is 0 Å². The van der Waals surface area contributed by atoms with E-state index in [1.165, 1.54) is 18.2 Å². The van der Waals surface area contributed by atoms with Crippen molar-refractivity contribution >= 4 is 21.7 Å². The first kappa shape index (κ1) is 13.4. The summed E-state index contributed by atoms with van der Waals surface area (Å²) in [7, 11) is -4.35. The molecular formula is C7H6ClNaO3S. The second kappa shape index (κ2) is 4.77. The maximum atomic E-state index is 10.5. The van der Waals surface area contributed by atoms with Crippen molar-refractivity contribution in [2.24, 2.45) is 0 Å². The molecule has 0 N–H and O–H groups in total. The molecule has 0 radical (unpaired) electrons. The number of rotatable bonds is 1. The van der Waals surface area contributed by atoms with E-state index in [1.54, 1.807) is 6.92 Å². The van der Waals surface area contributed by atoms with Crippen molar-refractivity contribution in [3.63, 3.8) is 0 Å². The molecule has 0 spiro atoms. The third-order valence-electron chi connectivity index (χ3n) is 1.42. The van der Waals surface area contributed by atoms with Gasteiger partial charge in [0.2, 0.25) is 0 Å². The zero-order valence-corrected chi connectivity index (χ0v) is 10.8. The summed E-state index contributed by atoms with van der Waals surface area (Å²) < 4.78 is 31.5. The zero-order chi connectivity index (χ0) is 9.35. The molecule has 0 aliphatic carbocycles. The summed E-state index contributed by atoms with van der Waals surface area (Å²) in [5.74, 6) is 0. The van der Waals surface area contributed by atoms with E-state index >= 15 is 0 Å². The predicted molar refractivity (Wildman–Crippen MR) is 44.2 cm³/mol. The quantitative estimate of drug-likeness (QED) is 0.437. The summed E-state index contributed by atoms with van der Waals surface area (Å²) in [5, 5.41) is 0.447. The molecule has 0 amide bonds. The van der Waals surface area contributed by atoms with Crippen LogP contribution in [0.15, 0.2) is 23.1 Å². The first-order valence-electron chi connectivity index (χ1n) is 3.13. The number of aryl methyl sites for hydroxylation is 1. The molecule has 1 aromatic rings. The van der Waals surface area contributed by atoms with E-state index in [2.05, 4.69) is 0 Å². The Morgan fingerprint density at radius 2 is 1.92 bits per heavy atom. The summed E-state index contributed by atoms with van der Waals surface area (Å²) in [6.07, 6.45) is 0. The van der Waals surface area contributed by atoms with Gasteiger partial charge in [-0.3, -0.25) is 0 Å². The second-order valence-electron chi connectivity index (χ2n) is 2.37. The molecule has 1 aromatic carbocycles. The Balaban J connectivity index is 0.00000144. The molecule has 0 fully saturated rings. The Morgan fingerprint density at radius 1 is 1.38 bits per heavy atom. The number of hydrogen-bond acceptors (Lipinski definition) is 3. The van der Waals surface area contributed by atoms with Crippen molar-refractivity contribution in [3.8, 4) is 0 Å². The zero-order valence-electron chi connectivity index (χ0n) is 7.24. The van der Waals surface area contributed by atoms with Crippen LogP contribution in [0.2, 0.25) is 5.02 Å². The Hall–Kier alpha value is 0.420. The molecule has 1 rings (SSSR count).